The first-order valence-corrected chi connectivity index (χ1v) is 11.2. The van der Waals surface area contributed by atoms with Gasteiger partial charge in [0, 0.05) is 37.3 Å². The van der Waals surface area contributed by atoms with Crippen molar-refractivity contribution in [3.63, 3.8) is 0 Å². The number of rotatable bonds is 7. The maximum Gasteiger partial charge on any atom is 0.214 e. The molecule has 0 amide bonds. The lowest BCUT2D eigenvalue weighted by molar-refractivity contribution is 0.0170. The molecule has 2 aliphatic heterocycles. The molecule has 0 spiro atoms. The molecule has 0 aliphatic carbocycles. The zero-order valence-electron chi connectivity index (χ0n) is 14.9. The molecule has 26 heavy (non-hydrogen) atoms. The molecule has 1 aromatic rings. The van der Waals surface area contributed by atoms with Crippen LogP contribution in [0.15, 0.2) is 24.3 Å². The first kappa shape index (κ1) is 20.0. The Kier molecular flexibility index (Phi) is 7.31. The molecule has 3 rings (SSSR count). The highest BCUT2D eigenvalue weighted by atomic mass is 35.5. The van der Waals surface area contributed by atoms with E-state index < -0.39 is 10.0 Å². The molecule has 1 N–H and O–H groups in total. The van der Waals surface area contributed by atoms with Crippen molar-refractivity contribution < 1.29 is 17.9 Å². The molecule has 0 bridgehead atoms. The van der Waals surface area contributed by atoms with Crippen molar-refractivity contribution in [2.45, 2.75) is 31.4 Å². The third-order valence-electron chi connectivity index (χ3n) is 4.90. The Morgan fingerprint density at radius 3 is 2.73 bits per heavy atom. The van der Waals surface area contributed by atoms with Crippen LogP contribution in [0.4, 0.5) is 0 Å². The van der Waals surface area contributed by atoms with E-state index in [1.165, 1.54) is 0 Å². The van der Waals surface area contributed by atoms with Gasteiger partial charge in [0.2, 0.25) is 10.0 Å². The van der Waals surface area contributed by atoms with Crippen molar-refractivity contribution in [1.29, 1.82) is 0 Å². The summed E-state index contributed by atoms with van der Waals surface area (Å²) < 4.78 is 38.8. The van der Waals surface area contributed by atoms with Crippen molar-refractivity contribution in [3.05, 3.63) is 34.9 Å². The zero-order chi connectivity index (χ0) is 18.4. The van der Waals surface area contributed by atoms with Gasteiger partial charge in [0.1, 0.15) is 0 Å². The maximum atomic E-state index is 12.5. The Morgan fingerprint density at radius 2 is 2.04 bits per heavy atom. The number of ether oxygens (including phenoxy) is 2. The Hall–Kier alpha value is -0.700. The molecule has 2 fully saturated rings. The SMILES string of the molecule is O=S(=O)(CC1CCCCO1)NCC(c1cccc(Cl)c1)N1CCOCC1. The van der Waals surface area contributed by atoms with Gasteiger partial charge in [-0.05, 0) is 37.0 Å². The van der Waals surface area contributed by atoms with E-state index in [0.717, 1.165) is 37.9 Å². The highest BCUT2D eigenvalue weighted by Gasteiger charge is 2.26. The van der Waals surface area contributed by atoms with Gasteiger partial charge in [0.05, 0.1) is 25.1 Å². The minimum absolute atomic E-state index is 0.0262. The molecule has 2 aliphatic rings. The monoisotopic (exact) mass is 402 g/mol. The molecular formula is C18H27ClN2O4S. The summed E-state index contributed by atoms with van der Waals surface area (Å²) in [7, 11) is -3.40. The lowest BCUT2D eigenvalue weighted by Gasteiger charge is -2.35. The van der Waals surface area contributed by atoms with Gasteiger partial charge in [0.25, 0.3) is 0 Å². The summed E-state index contributed by atoms with van der Waals surface area (Å²) in [5.41, 5.74) is 1.01. The second-order valence-corrected chi connectivity index (χ2v) is 9.13. The summed E-state index contributed by atoms with van der Waals surface area (Å²) in [6.45, 7) is 3.81. The Balaban J connectivity index is 1.66. The zero-order valence-corrected chi connectivity index (χ0v) is 16.5. The van der Waals surface area contributed by atoms with Crippen LogP contribution in [-0.2, 0) is 19.5 Å². The summed E-state index contributed by atoms with van der Waals surface area (Å²) in [6, 6.07) is 7.55. The van der Waals surface area contributed by atoms with Gasteiger partial charge < -0.3 is 9.47 Å². The van der Waals surface area contributed by atoms with E-state index in [9.17, 15) is 8.42 Å². The number of hydrogen-bond acceptors (Lipinski definition) is 5. The average Bonchev–Trinajstić information content (AvgIpc) is 2.63. The van der Waals surface area contributed by atoms with E-state index in [2.05, 4.69) is 9.62 Å². The van der Waals surface area contributed by atoms with Gasteiger partial charge in [0.15, 0.2) is 0 Å². The lowest BCUT2D eigenvalue weighted by atomic mass is 10.1. The van der Waals surface area contributed by atoms with Crippen LogP contribution in [0.25, 0.3) is 0 Å². The Labute approximate surface area is 160 Å². The molecular weight excluding hydrogens is 376 g/mol. The van der Waals surface area contributed by atoms with Crippen LogP contribution in [0.5, 0.6) is 0 Å². The standard InChI is InChI=1S/C18H27ClN2O4S/c19-16-5-3-4-15(12-16)18(21-7-10-24-11-8-21)13-20-26(22,23)14-17-6-1-2-9-25-17/h3-5,12,17-18,20H,1-2,6-11,13-14H2. The van der Waals surface area contributed by atoms with Crippen LogP contribution in [0, 0.1) is 0 Å². The van der Waals surface area contributed by atoms with Crippen LogP contribution in [0.3, 0.4) is 0 Å². The number of sulfonamides is 1. The lowest BCUT2D eigenvalue weighted by Crippen LogP contribution is -2.45. The van der Waals surface area contributed by atoms with Crippen LogP contribution >= 0.6 is 11.6 Å². The third-order valence-corrected chi connectivity index (χ3v) is 6.55. The molecule has 0 aromatic heterocycles. The molecule has 2 unspecified atom stereocenters. The summed E-state index contributed by atoms with van der Waals surface area (Å²) in [5.74, 6) is 0.0262. The van der Waals surface area contributed by atoms with Crippen LogP contribution in [-0.4, -0.2) is 64.6 Å². The number of morpholine rings is 1. The Morgan fingerprint density at radius 1 is 1.23 bits per heavy atom. The van der Waals surface area contributed by atoms with Gasteiger partial charge in [-0.1, -0.05) is 23.7 Å². The van der Waals surface area contributed by atoms with Crippen LogP contribution in [0.1, 0.15) is 30.9 Å². The largest absolute Gasteiger partial charge is 0.379 e. The van der Waals surface area contributed by atoms with Crippen molar-refractivity contribution >= 4 is 21.6 Å². The topological polar surface area (TPSA) is 67.9 Å². The fraction of sp³-hybridized carbons (Fsp3) is 0.667. The highest BCUT2D eigenvalue weighted by Crippen LogP contribution is 2.24. The molecule has 8 heteroatoms. The number of nitrogens with zero attached hydrogens (tertiary/aromatic N) is 1. The van der Waals surface area contributed by atoms with E-state index in [4.69, 9.17) is 21.1 Å². The van der Waals surface area contributed by atoms with Crippen molar-refractivity contribution in [3.8, 4) is 0 Å². The van der Waals surface area contributed by atoms with Crippen molar-refractivity contribution in [2.24, 2.45) is 0 Å². The second kappa shape index (κ2) is 9.48. The van der Waals surface area contributed by atoms with E-state index in [1.54, 1.807) is 0 Å². The van der Waals surface area contributed by atoms with Gasteiger partial charge >= 0.3 is 0 Å². The maximum absolute atomic E-state index is 12.5. The summed E-state index contributed by atoms with van der Waals surface area (Å²) >= 11 is 6.15. The van der Waals surface area contributed by atoms with Crippen molar-refractivity contribution in [1.82, 2.24) is 9.62 Å². The molecule has 0 saturated carbocycles. The number of benzene rings is 1. The fourth-order valence-electron chi connectivity index (χ4n) is 3.51. The van der Waals surface area contributed by atoms with Gasteiger partial charge in [-0.2, -0.15) is 0 Å². The molecule has 2 atom stereocenters. The summed E-state index contributed by atoms with van der Waals surface area (Å²) in [5, 5.41) is 0.652. The van der Waals surface area contributed by atoms with Gasteiger partial charge in [-0.15, -0.1) is 0 Å². The number of halogens is 1. The molecule has 6 nitrogen and oxygen atoms in total. The third kappa shape index (κ3) is 5.90. The summed E-state index contributed by atoms with van der Waals surface area (Å²) in [4.78, 5) is 2.24. The quantitative estimate of drug-likeness (QED) is 0.757. The number of hydrogen-bond donors (Lipinski definition) is 1. The smallest absolute Gasteiger partial charge is 0.214 e. The predicted molar refractivity (Wildman–Crippen MR) is 102 cm³/mol. The van der Waals surface area contributed by atoms with E-state index in [1.807, 2.05) is 24.3 Å². The second-order valence-electron chi connectivity index (χ2n) is 6.84. The first-order chi connectivity index (χ1) is 12.5. The molecule has 0 radical (unpaired) electrons. The highest BCUT2D eigenvalue weighted by molar-refractivity contribution is 7.89. The summed E-state index contributed by atoms with van der Waals surface area (Å²) in [6.07, 6.45) is 2.65. The Bertz CT molecular complexity index is 674. The molecule has 1 aromatic carbocycles. The normalized spacial score (nSPS) is 23.7. The van der Waals surface area contributed by atoms with Crippen LogP contribution in [0.2, 0.25) is 5.02 Å². The number of nitrogens with one attached hydrogen (secondary N) is 1. The molecule has 2 saturated heterocycles. The van der Waals surface area contributed by atoms with Gasteiger partial charge in [-0.3, -0.25) is 4.90 Å². The fourth-order valence-corrected chi connectivity index (χ4v) is 4.99. The minimum atomic E-state index is -3.40. The molecule has 146 valence electrons. The van der Waals surface area contributed by atoms with Gasteiger partial charge in [-0.25, -0.2) is 13.1 Å². The average molecular weight is 403 g/mol. The predicted octanol–water partition coefficient (Wildman–Crippen LogP) is 2.20. The van der Waals surface area contributed by atoms with E-state index in [0.29, 0.717) is 31.4 Å². The minimum Gasteiger partial charge on any atom is -0.379 e. The first-order valence-electron chi connectivity index (χ1n) is 9.20. The van der Waals surface area contributed by atoms with Crippen molar-refractivity contribution in [2.75, 3.05) is 45.2 Å². The van der Waals surface area contributed by atoms with E-state index in [-0.39, 0.29) is 17.9 Å². The van der Waals surface area contributed by atoms with Crippen LogP contribution < -0.4 is 4.72 Å². The molecule has 2 heterocycles. The van der Waals surface area contributed by atoms with E-state index >= 15 is 0 Å².